The molecule has 0 aromatic carbocycles. The maximum Gasteiger partial charge on any atom is 0.417 e. The van der Waals surface area contributed by atoms with Crippen molar-refractivity contribution >= 4 is 0 Å². The molecule has 0 aliphatic carbocycles. The predicted octanol–water partition coefficient (Wildman–Crippen LogP) is 3.21. The van der Waals surface area contributed by atoms with Crippen LogP contribution >= 0.6 is 0 Å². The first kappa shape index (κ1) is 15.4. The van der Waals surface area contributed by atoms with E-state index >= 15 is 0 Å². The lowest BCUT2D eigenvalue weighted by Crippen LogP contribution is -2.20. The Morgan fingerprint density at radius 3 is 2.52 bits per heavy atom. The van der Waals surface area contributed by atoms with E-state index in [1.165, 1.54) is 6.07 Å². The van der Waals surface area contributed by atoms with Crippen LogP contribution in [0.25, 0.3) is 11.6 Å². The van der Waals surface area contributed by atoms with E-state index in [1.54, 1.807) is 0 Å². The van der Waals surface area contributed by atoms with E-state index in [0.717, 1.165) is 25.2 Å². The largest absolute Gasteiger partial charge is 0.418 e. The number of hydrogen-bond donors (Lipinski definition) is 1. The molecular weight excluding hydrogens is 285 g/mol. The quantitative estimate of drug-likeness (QED) is 0.918. The summed E-state index contributed by atoms with van der Waals surface area (Å²) in [4.78, 5) is 3.72. The minimum atomic E-state index is -4.41. The first-order valence-corrected chi connectivity index (χ1v) is 6.56. The minimum Gasteiger partial charge on any atom is -0.418 e. The normalized spacial score (nSPS) is 13.4. The van der Waals surface area contributed by atoms with Gasteiger partial charge in [0, 0.05) is 6.20 Å². The molecule has 0 bridgehead atoms. The lowest BCUT2D eigenvalue weighted by Gasteiger charge is -2.10. The molecule has 5 nitrogen and oxygen atoms in total. The zero-order valence-electron chi connectivity index (χ0n) is 11.6. The zero-order valence-corrected chi connectivity index (χ0v) is 11.6. The summed E-state index contributed by atoms with van der Waals surface area (Å²) in [5, 5.41) is 10.9. The summed E-state index contributed by atoms with van der Waals surface area (Å²) in [6.07, 6.45) is -2.90. The van der Waals surface area contributed by atoms with Gasteiger partial charge in [-0.3, -0.25) is 4.98 Å². The van der Waals surface area contributed by atoms with Gasteiger partial charge in [-0.1, -0.05) is 13.8 Å². The standard InChI is InChI=1S/C13H15F3N4O/c1-3-9(17-4-2)11-19-20-12(21-11)10-6-5-8(7-18-10)13(14,15)16/h5-7,9,17H,3-4H2,1-2H3. The summed E-state index contributed by atoms with van der Waals surface area (Å²) in [5.41, 5.74) is -0.599. The highest BCUT2D eigenvalue weighted by molar-refractivity contribution is 5.46. The zero-order chi connectivity index (χ0) is 15.5. The molecule has 21 heavy (non-hydrogen) atoms. The van der Waals surface area contributed by atoms with Crippen LogP contribution in [-0.4, -0.2) is 21.7 Å². The lowest BCUT2D eigenvalue weighted by atomic mass is 10.2. The number of nitrogens with one attached hydrogen (secondary N) is 1. The smallest absolute Gasteiger partial charge is 0.417 e. The molecule has 0 aliphatic heterocycles. The van der Waals surface area contributed by atoms with Crippen molar-refractivity contribution in [2.45, 2.75) is 32.5 Å². The van der Waals surface area contributed by atoms with Gasteiger partial charge in [-0.05, 0) is 25.1 Å². The van der Waals surface area contributed by atoms with Crippen molar-refractivity contribution in [3.05, 3.63) is 29.8 Å². The first-order valence-electron chi connectivity index (χ1n) is 6.56. The Kier molecular flexibility index (Phi) is 4.56. The van der Waals surface area contributed by atoms with Crippen LogP contribution in [0.15, 0.2) is 22.7 Å². The minimum absolute atomic E-state index is 0.0781. The molecule has 2 aromatic heterocycles. The predicted molar refractivity (Wildman–Crippen MR) is 69.2 cm³/mol. The van der Waals surface area contributed by atoms with Crippen LogP contribution in [0.2, 0.25) is 0 Å². The highest BCUT2D eigenvalue weighted by Crippen LogP contribution is 2.29. The molecule has 0 fully saturated rings. The third kappa shape index (κ3) is 3.57. The van der Waals surface area contributed by atoms with E-state index in [2.05, 4.69) is 20.5 Å². The Balaban J connectivity index is 2.21. The van der Waals surface area contributed by atoms with Gasteiger partial charge in [-0.2, -0.15) is 13.2 Å². The third-order valence-electron chi connectivity index (χ3n) is 2.91. The maximum atomic E-state index is 12.5. The van der Waals surface area contributed by atoms with Gasteiger partial charge in [-0.15, -0.1) is 10.2 Å². The monoisotopic (exact) mass is 300 g/mol. The molecular formula is C13H15F3N4O. The summed E-state index contributed by atoms with van der Waals surface area (Å²) in [6, 6.07) is 2.08. The topological polar surface area (TPSA) is 63.8 Å². The highest BCUT2D eigenvalue weighted by Gasteiger charge is 2.31. The summed E-state index contributed by atoms with van der Waals surface area (Å²) in [5.74, 6) is 0.506. The lowest BCUT2D eigenvalue weighted by molar-refractivity contribution is -0.137. The highest BCUT2D eigenvalue weighted by atomic mass is 19.4. The van der Waals surface area contributed by atoms with Gasteiger partial charge >= 0.3 is 6.18 Å². The first-order chi connectivity index (χ1) is 9.95. The molecule has 8 heteroatoms. The van der Waals surface area contributed by atoms with Gasteiger partial charge in [0.05, 0.1) is 11.6 Å². The van der Waals surface area contributed by atoms with Crippen LogP contribution in [0.4, 0.5) is 13.2 Å². The average molecular weight is 300 g/mol. The molecule has 2 heterocycles. The molecule has 0 amide bonds. The summed E-state index contributed by atoms with van der Waals surface area (Å²) >= 11 is 0. The van der Waals surface area contributed by atoms with Gasteiger partial charge in [0.15, 0.2) is 0 Å². The maximum absolute atomic E-state index is 12.5. The molecule has 0 saturated heterocycles. The third-order valence-corrected chi connectivity index (χ3v) is 2.91. The number of halogens is 3. The Bertz CT molecular complexity index is 580. The molecule has 114 valence electrons. The van der Waals surface area contributed by atoms with Crippen LogP contribution in [0, 0.1) is 0 Å². The Labute approximate surface area is 119 Å². The van der Waals surface area contributed by atoms with E-state index in [4.69, 9.17) is 4.42 Å². The van der Waals surface area contributed by atoms with Gasteiger partial charge in [-0.25, -0.2) is 0 Å². The SMILES string of the molecule is CCNC(CC)c1nnc(-c2ccc(C(F)(F)F)cn2)o1. The fraction of sp³-hybridized carbons (Fsp3) is 0.462. The second-order valence-electron chi connectivity index (χ2n) is 4.39. The number of aromatic nitrogens is 3. The summed E-state index contributed by atoms with van der Waals surface area (Å²) in [7, 11) is 0. The fourth-order valence-corrected chi connectivity index (χ4v) is 1.82. The molecule has 0 spiro atoms. The van der Waals surface area contributed by atoms with E-state index in [-0.39, 0.29) is 17.6 Å². The van der Waals surface area contributed by atoms with Crippen molar-refractivity contribution in [3.63, 3.8) is 0 Å². The number of rotatable bonds is 5. The van der Waals surface area contributed by atoms with Gasteiger partial charge in [0.2, 0.25) is 5.89 Å². The fourth-order valence-electron chi connectivity index (χ4n) is 1.82. The van der Waals surface area contributed by atoms with E-state index < -0.39 is 11.7 Å². The Morgan fingerprint density at radius 1 is 1.24 bits per heavy atom. The second-order valence-corrected chi connectivity index (χ2v) is 4.39. The Hall–Kier alpha value is -1.96. The van der Waals surface area contributed by atoms with E-state index in [1.807, 2.05) is 13.8 Å². The molecule has 1 N–H and O–H groups in total. The van der Waals surface area contributed by atoms with Crippen LogP contribution in [-0.2, 0) is 6.18 Å². The summed E-state index contributed by atoms with van der Waals surface area (Å²) < 4.78 is 42.9. The van der Waals surface area contributed by atoms with Crippen molar-refractivity contribution in [2.24, 2.45) is 0 Å². The molecule has 0 aliphatic rings. The second kappa shape index (κ2) is 6.21. The van der Waals surface area contributed by atoms with Crippen molar-refractivity contribution < 1.29 is 17.6 Å². The van der Waals surface area contributed by atoms with Gasteiger partial charge < -0.3 is 9.73 Å². The molecule has 0 saturated carbocycles. The summed E-state index contributed by atoms with van der Waals surface area (Å²) in [6.45, 7) is 4.67. The number of alkyl halides is 3. The molecule has 1 atom stereocenters. The van der Waals surface area contributed by atoms with Crippen molar-refractivity contribution in [3.8, 4) is 11.6 Å². The van der Waals surface area contributed by atoms with Crippen molar-refractivity contribution in [2.75, 3.05) is 6.54 Å². The van der Waals surface area contributed by atoms with Crippen LogP contribution in [0.1, 0.15) is 37.8 Å². The van der Waals surface area contributed by atoms with Crippen LogP contribution in [0.3, 0.4) is 0 Å². The van der Waals surface area contributed by atoms with Gasteiger partial charge in [0.1, 0.15) is 5.69 Å². The van der Waals surface area contributed by atoms with E-state index in [0.29, 0.717) is 5.89 Å². The molecule has 0 radical (unpaired) electrons. The average Bonchev–Trinajstić information content (AvgIpc) is 2.93. The molecule has 2 rings (SSSR count). The molecule has 2 aromatic rings. The van der Waals surface area contributed by atoms with Crippen molar-refractivity contribution in [1.82, 2.24) is 20.5 Å². The van der Waals surface area contributed by atoms with Crippen LogP contribution in [0.5, 0.6) is 0 Å². The Morgan fingerprint density at radius 2 is 2.00 bits per heavy atom. The number of hydrogen-bond acceptors (Lipinski definition) is 5. The molecule has 1 unspecified atom stereocenters. The van der Waals surface area contributed by atoms with Gasteiger partial charge in [0.25, 0.3) is 5.89 Å². The van der Waals surface area contributed by atoms with Crippen molar-refractivity contribution in [1.29, 1.82) is 0 Å². The number of pyridine rings is 1. The van der Waals surface area contributed by atoms with E-state index in [9.17, 15) is 13.2 Å². The number of nitrogens with zero attached hydrogens (tertiary/aromatic N) is 3. The van der Waals surface area contributed by atoms with Crippen LogP contribution < -0.4 is 5.32 Å².